The molecule has 27 heavy (non-hydrogen) atoms. The summed E-state index contributed by atoms with van der Waals surface area (Å²) in [5, 5.41) is 2.46. The van der Waals surface area contributed by atoms with E-state index in [1.807, 2.05) is 0 Å². The molecule has 0 fully saturated rings. The highest BCUT2D eigenvalue weighted by Gasteiger charge is 2.14. The largest absolute Gasteiger partial charge is 0.378 e. The van der Waals surface area contributed by atoms with Crippen LogP contribution in [0.1, 0.15) is 6.92 Å². The van der Waals surface area contributed by atoms with Crippen LogP contribution in [0.4, 0.5) is 0 Å². The van der Waals surface area contributed by atoms with E-state index in [-0.39, 0.29) is 0 Å². The number of hydrogen-bond donors (Lipinski definition) is 0. The van der Waals surface area contributed by atoms with E-state index in [1.165, 1.54) is 33.5 Å². The van der Waals surface area contributed by atoms with Gasteiger partial charge >= 0.3 is 0 Å². The summed E-state index contributed by atoms with van der Waals surface area (Å²) in [7, 11) is 12.5. The lowest BCUT2D eigenvalue weighted by atomic mass is 10.2. The van der Waals surface area contributed by atoms with Crippen LogP contribution >= 0.6 is 0 Å². The van der Waals surface area contributed by atoms with Crippen molar-refractivity contribution >= 4 is 11.4 Å². The van der Waals surface area contributed by atoms with Gasteiger partial charge in [0, 0.05) is 72.6 Å². The molecular weight excluding hydrogens is 334 g/mol. The maximum atomic E-state index is 2.39. The summed E-state index contributed by atoms with van der Waals surface area (Å²) in [4.78, 5) is 8.66. The average Bonchev–Trinajstić information content (AvgIpc) is 3.05. The molecule has 3 heterocycles. The molecule has 5 nitrogen and oxygen atoms in total. The van der Waals surface area contributed by atoms with Gasteiger partial charge in [-0.05, 0) is 43.4 Å². The first kappa shape index (κ1) is 19.0. The molecule has 1 aromatic heterocycles. The quantitative estimate of drug-likeness (QED) is 0.808. The van der Waals surface area contributed by atoms with Crippen molar-refractivity contribution in [3.05, 3.63) is 70.9 Å². The zero-order valence-corrected chi connectivity index (χ0v) is 17.6. The number of rotatable bonds is 3. The lowest BCUT2D eigenvalue weighted by Gasteiger charge is -2.26. The van der Waals surface area contributed by atoms with Crippen LogP contribution in [0.3, 0.4) is 0 Å². The van der Waals surface area contributed by atoms with Gasteiger partial charge in [0.15, 0.2) is 0 Å². The molecule has 0 N–H and O–H groups in total. The fourth-order valence-corrected chi connectivity index (χ4v) is 3.44. The number of nitrogens with zero attached hydrogens (tertiary/aromatic N) is 5. The SMILES string of the molecule is CCn1/c(=C2/C=C(N(C)C)C=CN2C)cc/c1=C1/C=C(N(C)C)C=CN1C. The monoisotopic (exact) mass is 365 g/mol. The molecule has 0 unspecified atom stereocenters. The third-order valence-corrected chi connectivity index (χ3v) is 5.12. The van der Waals surface area contributed by atoms with Gasteiger partial charge in [0.25, 0.3) is 0 Å². The highest BCUT2D eigenvalue weighted by molar-refractivity contribution is 5.62. The van der Waals surface area contributed by atoms with E-state index in [0.717, 1.165) is 6.54 Å². The first-order valence-corrected chi connectivity index (χ1v) is 9.37. The van der Waals surface area contributed by atoms with Crippen molar-refractivity contribution in [1.82, 2.24) is 24.2 Å². The highest BCUT2D eigenvalue weighted by atomic mass is 15.2. The molecule has 0 aliphatic carbocycles. The molecular formula is C22H31N5. The second-order valence-corrected chi connectivity index (χ2v) is 7.40. The van der Waals surface area contributed by atoms with Crippen molar-refractivity contribution in [2.24, 2.45) is 0 Å². The summed E-state index contributed by atoms with van der Waals surface area (Å²) in [6.45, 7) is 3.12. The number of allylic oxidation sites excluding steroid dienone is 2. The molecule has 0 saturated carbocycles. The minimum atomic E-state index is 0.913. The fourth-order valence-electron chi connectivity index (χ4n) is 3.44. The zero-order chi connectivity index (χ0) is 19.7. The van der Waals surface area contributed by atoms with Crippen LogP contribution in [0.2, 0.25) is 0 Å². The Labute approximate surface area is 162 Å². The zero-order valence-electron chi connectivity index (χ0n) is 17.6. The molecule has 0 saturated heterocycles. The predicted octanol–water partition coefficient (Wildman–Crippen LogP) is 1.53. The van der Waals surface area contributed by atoms with Gasteiger partial charge in [-0.2, -0.15) is 0 Å². The Morgan fingerprint density at radius 1 is 0.741 bits per heavy atom. The van der Waals surface area contributed by atoms with Crippen molar-refractivity contribution in [2.75, 3.05) is 42.3 Å². The van der Waals surface area contributed by atoms with E-state index in [4.69, 9.17) is 0 Å². The van der Waals surface area contributed by atoms with Crippen LogP contribution in [0, 0.1) is 0 Å². The second kappa shape index (κ2) is 7.43. The Bertz CT molecular complexity index is 878. The normalized spacial score (nSPS) is 20.7. The average molecular weight is 366 g/mol. The molecule has 0 aromatic carbocycles. The number of aromatic nitrogens is 1. The van der Waals surface area contributed by atoms with E-state index < -0.39 is 0 Å². The van der Waals surface area contributed by atoms with Crippen molar-refractivity contribution in [2.45, 2.75) is 13.5 Å². The first-order valence-electron chi connectivity index (χ1n) is 9.37. The lowest BCUT2D eigenvalue weighted by Crippen LogP contribution is -2.34. The number of likely N-dealkylation sites (N-methyl/N-ethyl adjacent to an activating group) is 4. The van der Waals surface area contributed by atoms with E-state index in [2.05, 4.69) is 122 Å². The summed E-state index contributed by atoms with van der Waals surface area (Å²) in [6, 6.07) is 4.46. The minimum Gasteiger partial charge on any atom is -0.378 e. The van der Waals surface area contributed by atoms with Crippen molar-refractivity contribution in [3.8, 4) is 0 Å². The summed E-state index contributed by atoms with van der Waals surface area (Å²) in [6.07, 6.45) is 13.0. The highest BCUT2D eigenvalue weighted by Crippen LogP contribution is 2.18. The van der Waals surface area contributed by atoms with Gasteiger partial charge in [-0.1, -0.05) is 0 Å². The molecule has 5 heteroatoms. The molecule has 0 amide bonds. The Morgan fingerprint density at radius 3 is 1.48 bits per heavy atom. The molecule has 3 rings (SSSR count). The van der Waals surface area contributed by atoms with Gasteiger partial charge in [-0.3, -0.25) is 0 Å². The summed E-state index contributed by atoms with van der Waals surface area (Å²) >= 11 is 0. The lowest BCUT2D eigenvalue weighted by molar-refractivity contribution is 0.516. The van der Waals surface area contributed by atoms with Crippen LogP contribution < -0.4 is 10.7 Å². The molecule has 1 aromatic rings. The van der Waals surface area contributed by atoms with Crippen LogP contribution in [0.25, 0.3) is 11.4 Å². The third-order valence-electron chi connectivity index (χ3n) is 5.12. The maximum Gasteiger partial charge on any atom is 0.0665 e. The smallest absolute Gasteiger partial charge is 0.0665 e. The van der Waals surface area contributed by atoms with Gasteiger partial charge in [-0.15, -0.1) is 0 Å². The predicted molar refractivity (Wildman–Crippen MR) is 114 cm³/mol. The number of hydrogen-bond acceptors (Lipinski definition) is 4. The van der Waals surface area contributed by atoms with Crippen molar-refractivity contribution in [3.63, 3.8) is 0 Å². The van der Waals surface area contributed by atoms with Crippen LogP contribution in [0.5, 0.6) is 0 Å². The van der Waals surface area contributed by atoms with Crippen molar-refractivity contribution < 1.29 is 0 Å². The summed E-state index contributed by atoms with van der Waals surface area (Å²) in [5.41, 5.74) is 4.82. The van der Waals surface area contributed by atoms with Gasteiger partial charge in [0.1, 0.15) is 0 Å². The first-order chi connectivity index (χ1) is 12.8. The maximum absolute atomic E-state index is 2.39. The van der Waals surface area contributed by atoms with Crippen LogP contribution in [0.15, 0.2) is 60.2 Å². The summed E-state index contributed by atoms with van der Waals surface area (Å²) < 4.78 is 2.39. The topological polar surface area (TPSA) is 17.9 Å². The van der Waals surface area contributed by atoms with E-state index >= 15 is 0 Å². The second-order valence-electron chi connectivity index (χ2n) is 7.40. The van der Waals surface area contributed by atoms with Crippen molar-refractivity contribution in [1.29, 1.82) is 0 Å². The molecule has 144 valence electrons. The Hall–Kier alpha value is -2.82. The minimum absolute atomic E-state index is 0.913. The van der Waals surface area contributed by atoms with Gasteiger partial charge in [0.05, 0.1) is 22.1 Å². The Morgan fingerprint density at radius 2 is 1.15 bits per heavy atom. The van der Waals surface area contributed by atoms with E-state index in [0.29, 0.717) is 0 Å². The van der Waals surface area contributed by atoms with Crippen LogP contribution in [-0.2, 0) is 6.54 Å². The molecule has 2 aliphatic rings. The Kier molecular flexibility index (Phi) is 5.22. The van der Waals surface area contributed by atoms with E-state index in [1.54, 1.807) is 0 Å². The molecule has 0 bridgehead atoms. The third kappa shape index (κ3) is 3.54. The molecule has 0 atom stereocenters. The van der Waals surface area contributed by atoms with Gasteiger partial charge in [-0.25, -0.2) is 0 Å². The standard InChI is InChI=1S/C22H31N5/c1-8-27-19(21-15-17(23(2)3)11-13-25(21)6)9-10-20(27)22-16-18(24(4)5)12-14-26(22)7/h9-16H,8H2,1-7H3/b21-19-,22-20+. The molecule has 0 spiro atoms. The van der Waals surface area contributed by atoms with Gasteiger partial charge < -0.3 is 24.2 Å². The van der Waals surface area contributed by atoms with Gasteiger partial charge in [0.2, 0.25) is 0 Å². The Balaban J connectivity index is 2.28. The molecule has 2 aliphatic heterocycles. The molecule has 0 radical (unpaired) electrons. The van der Waals surface area contributed by atoms with Crippen LogP contribution in [-0.4, -0.2) is 66.5 Å². The summed E-state index contributed by atoms with van der Waals surface area (Å²) in [5.74, 6) is 0. The van der Waals surface area contributed by atoms with E-state index in [9.17, 15) is 0 Å². The fraction of sp³-hybridized carbons (Fsp3) is 0.364.